The predicted molar refractivity (Wildman–Crippen MR) is 150 cm³/mol. The van der Waals surface area contributed by atoms with E-state index in [0.29, 0.717) is 26.9 Å². The van der Waals surface area contributed by atoms with E-state index in [1.165, 1.54) is 11.3 Å². The van der Waals surface area contributed by atoms with Gasteiger partial charge in [-0.1, -0.05) is 75.5 Å². The van der Waals surface area contributed by atoms with Crippen molar-refractivity contribution in [1.82, 2.24) is 10.3 Å². The summed E-state index contributed by atoms with van der Waals surface area (Å²) >= 11 is 23.3. The second-order valence-electron chi connectivity index (χ2n) is 7.35. The van der Waals surface area contributed by atoms with E-state index >= 15 is 0 Å². The monoisotopic (exact) mass is 585 g/mol. The number of rotatable bonds is 3. The molecule has 0 saturated heterocycles. The van der Waals surface area contributed by atoms with E-state index in [9.17, 15) is 4.79 Å². The number of hydrogen-bond donors (Lipinski definition) is 2. The fourth-order valence-electron chi connectivity index (χ4n) is 3.64. The van der Waals surface area contributed by atoms with E-state index in [1.807, 2.05) is 54.6 Å². The average Bonchev–Trinajstić information content (AvgIpc) is 3.25. The zero-order valence-corrected chi connectivity index (χ0v) is 22.0. The molecule has 0 atom stereocenters. The number of anilines is 1. The van der Waals surface area contributed by atoms with Crippen molar-refractivity contribution in [1.29, 1.82) is 0 Å². The van der Waals surface area contributed by atoms with Crippen LogP contribution in [0.15, 0.2) is 77.3 Å². The number of nitrogens with one attached hydrogen (secondary N) is 2. The Hall–Kier alpha value is -2.55. The molecule has 1 amide bonds. The second kappa shape index (κ2) is 9.60. The zero-order chi connectivity index (χ0) is 23.8. The Bertz CT molecular complexity index is 1570. The first kappa shape index (κ1) is 23.2. The Balaban J connectivity index is 1.45. The molecule has 0 unspecified atom stereocenters. The van der Waals surface area contributed by atoms with E-state index in [2.05, 4.69) is 26.6 Å². The summed E-state index contributed by atoms with van der Waals surface area (Å²) in [7, 11) is 0. The topological polar surface area (TPSA) is 54.0 Å². The molecule has 5 rings (SSSR count). The molecule has 0 saturated carbocycles. The van der Waals surface area contributed by atoms with E-state index < -0.39 is 0 Å². The number of amides is 1. The highest BCUT2D eigenvalue weighted by Crippen LogP contribution is 2.40. The van der Waals surface area contributed by atoms with Crippen LogP contribution in [0.4, 0.5) is 5.69 Å². The second-order valence-corrected chi connectivity index (χ2v) is 10.5. The summed E-state index contributed by atoms with van der Waals surface area (Å²) in [4.78, 5) is 17.8. The third kappa shape index (κ3) is 4.54. The van der Waals surface area contributed by atoms with Gasteiger partial charge in [-0.25, -0.2) is 4.98 Å². The number of para-hydroxylation sites is 1. The minimum Gasteiger partial charge on any atom is -0.331 e. The van der Waals surface area contributed by atoms with E-state index in [1.54, 1.807) is 18.2 Å². The predicted octanol–water partition coefficient (Wildman–Crippen LogP) is 8.31. The number of aromatic nitrogens is 1. The summed E-state index contributed by atoms with van der Waals surface area (Å²) in [6.45, 7) is 0. The Labute approximate surface area is 223 Å². The van der Waals surface area contributed by atoms with Gasteiger partial charge in [0, 0.05) is 20.6 Å². The summed E-state index contributed by atoms with van der Waals surface area (Å²) < 4.78 is 1.95. The number of nitrogens with zero attached hydrogens (tertiary/aromatic N) is 1. The number of halogens is 3. The van der Waals surface area contributed by atoms with Crippen molar-refractivity contribution >= 4 is 100 Å². The molecule has 0 aliphatic heterocycles. The molecule has 34 heavy (non-hydrogen) atoms. The highest BCUT2D eigenvalue weighted by Gasteiger charge is 2.18. The molecule has 0 bridgehead atoms. The van der Waals surface area contributed by atoms with Crippen LogP contribution in [-0.4, -0.2) is 16.0 Å². The number of thiocarbonyl (C=S) groups is 1. The maximum Gasteiger partial charge on any atom is 0.258 e. The minimum atomic E-state index is -0.326. The number of thiazole rings is 1. The summed E-state index contributed by atoms with van der Waals surface area (Å²) in [5.41, 5.74) is 2.61. The third-order valence-corrected chi connectivity index (χ3v) is 7.64. The fraction of sp³-hybridized carbons (Fsp3) is 0. The molecule has 0 fully saturated rings. The largest absolute Gasteiger partial charge is 0.331 e. The van der Waals surface area contributed by atoms with Crippen LogP contribution < -0.4 is 10.6 Å². The summed E-state index contributed by atoms with van der Waals surface area (Å²) in [5.74, 6) is -0.326. The number of fused-ring (bicyclic) bond motifs is 2. The van der Waals surface area contributed by atoms with Gasteiger partial charge in [-0.15, -0.1) is 11.3 Å². The van der Waals surface area contributed by atoms with Gasteiger partial charge in [0.1, 0.15) is 5.01 Å². The maximum atomic E-state index is 13.1. The van der Waals surface area contributed by atoms with Crippen LogP contribution in [0, 0.1) is 0 Å². The quantitative estimate of drug-likeness (QED) is 0.209. The zero-order valence-electron chi connectivity index (χ0n) is 17.2. The molecule has 0 spiro atoms. The Morgan fingerprint density at radius 1 is 0.971 bits per heavy atom. The van der Waals surface area contributed by atoms with Crippen LogP contribution in [0.2, 0.25) is 10.0 Å². The molecule has 4 aromatic carbocycles. The van der Waals surface area contributed by atoms with Crippen molar-refractivity contribution < 1.29 is 4.79 Å². The molecule has 0 aliphatic carbocycles. The molecule has 1 aromatic heterocycles. The van der Waals surface area contributed by atoms with Gasteiger partial charge in [-0.3, -0.25) is 10.1 Å². The van der Waals surface area contributed by atoms with Crippen LogP contribution >= 0.6 is 62.7 Å². The molecule has 4 nitrogen and oxygen atoms in total. The molecule has 0 radical (unpaired) electrons. The molecule has 5 aromatic rings. The third-order valence-electron chi connectivity index (χ3n) is 5.16. The molecule has 168 valence electrons. The van der Waals surface area contributed by atoms with Crippen molar-refractivity contribution in [2.45, 2.75) is 0 Å². The highest BCUT2D eigenvalue weighted by atomic mass is 79.9. The van der Waals surface area contributed by atoms with Gasteiger partial charge < -0.3 is 5.32 Å². The minimum absolute atomic E-state index is 0.114. The van der Waals surface area contributed by atoms with Crippen LogP contribution in [0.1, 0.15) is 10.4 Å². The first-order valence-electron chi connectivity index (χ1n) is 10.1. The number of benzene rings is 4. The molecule has 1 heterocycles. The lowest BCUT2D eigenvalue weighted by molar-refractivity contribution is 0.0979. The first-order chi connectivity index (χ1) is 16.4. The van der Waals surface area contributed by atoms with Gasteiger partial charge in [-0.2, -0.15) is 0 Å². The van der Waals surface area contributed by atoms with Crippen LogP contribution in [0.25, 0.3) is 31.6 Å². The number of carbonyl (C=O) groups is 1. The molecule has 9 heteroatoms. The summed E-state index contributed by atoms with van der Waals surface area (Å²) in [6.07, 6.45) is 0. The standard InChI is InChI=1S/C25H14BrCl2N3OS2/c26-18-8-4-5-14-15(18)6-3-7-16(14)23(32)31-25(33)30-22-17(11-13(27)12-19(22)28)24-29-20-9-1-2-10-21(20)34-24/h1-12H,(H2,30,31,32,33). The van der Waals surface area contributed by atoms with Crippen LogP contribution in [0.5, 0.6) is 0 Å². The van der Waals surface area contributed by atoms with Gasteiger partial charge in [0.2, 0.25) is 0 Å². The molecule has 2 N–H and O–H groups in total. The van der Waals surface area contributed by atoms with E-state index in [-0.39, 0.29) is 11.0 Å². The average molecular weight is 587 g/mol. The number of carbonyl (C=O) groups excluding carboxylic acids is 1. The summed E-state index contributed by atoms with van der Waals surface area (Å²) in [6, 6.07) is 22.5. The van der Waals surface area contributed by atoms with Gasteiger partial charge >= 0.3 is 0 Å². The Morgan fingerprint density at radius 2 is 1.74 bits per heavy atom. The van der Waals surface area contributed by atoms with Gasteiger partial charge in [-0.05, 0) is 59.4 Å². The van der Waals surface area contributed by atoms with Crippen molar-refractivity contribution in [2.75, 3.05) is 5.32 Å². The van der Waals surface area contributed by atoms with Gasteiger partial charge in [0.25, 0.3) is 5.91 Å². The fourth-order valence-corrected chi connectivity index (χ4v) is 5.86. The smallest absolute Gasteiger partial charge is 0.258 e. The van der Waals surface area contributed by atoms with Crippen molar-refractivity contribution in [3.63, 3.8) is 0 Å². The van der Waals surface area contributed by atoms with Crippen molar-refractivity contribution in [3.05, 3.63) is 92.9 Å². The van der Waals surface area contributed by atoms with E-state index in [4.69, 9.17) is 40.4 Å². The molecular weight excluding hydrogens is 573 g/mol. The first-order valence-corrected chi connectivity index (χ1v) is 12.8. The van der Waals surface area contributed by atoms with Crippen LogP contribution in [-0.2, 0) is 0 Å². The van der Waals surface area contributed by atoms with Crippen LogP contribution in [0.3, 0.4) is 0 Å². The number of hydrogen-bond acceptors (Lipinski definition) is 4. The maximum absolute atomic E-state index is 13.1. The molecule has 0 aliphatic rings. The van der Waals surface area contributed by atoms with Crippen molar-refractivity contribution in [3.8, 4) is 10.6 Å². The highest BCUT2D eigenvalue weighted by molar-refractivity contribution is 9.10. The SMILES string of the molecule is O=C(NC(=S)Nc1c(Cl)cc(Cl)cc1-c1nc2ccccc2s1)c1cccc2c(Br)cccc12. The molecular formula is C25H14BrCl2N3OS2. The lowest BCUT2D eigenvalue weighted by Crippen LogP contribution is -2.34. The Morgan fingerprint density at radius 3 is 2.56 bits per heavy atom. The van der Waals surface area contributed by atoms with E-state index in [0.717, 1.165) is 30.5 Å². The van der Waals surface area contributed by atoms with Gasteiger partial charge in [0.15, 0.2) is 5.11 Å². The van der Waals surface area contributed by atoms with Gasteiger partial charge in [0.05, 0.1) is 20.9 Å². The summed E-state index contributed by atoms with van der Waals surface area (Å²) in [5, 5.41) is 9.28. The lowest BCUT2D eigenvalue weighted by atomic mass is 10.0. The normalized spacial score (nSPS) is 11.0. The van der Waals surface area contributed by atoms with Crippen molar-refractivity contribution in [2.24, 2.45) is 0 Å². The Kier molecular flexibility index (Phi) is 6.55. The lowest BCUT2D eigenvalue weighted by Gasteiger charge is -2.15.